The maximum absolute atomic E-state index is 12.5. The highest BCUT2D eigenvalue weighted by atomic mass is 32.2. The van der Waals surface area contributed by atoms with Gasteiger partial charge in [-0.1, -0.05) is 19.8 Å². The third kappa shape index (κ3) is 5.16. The van der Waals surface area contributed by atoms with Gasteiger partial charge < -0.3 is 10.2 Å². The SMILES string of the molecule is CCN[C@H](C)CNS(=O)(=O)C1CCCN(C(=O)C2CCCC2)C1. The first-order chi connectivity index (χ1) is 10.9. The second-order valence-electron chi connectivity index (χ2n) is 6.88. The summed E-state index contributed by atoms with van der Waals surface area (Å²) in [4.78, 5) is 14.3. The van der Waals surface area contributed by atoms with E-state index >= 15 is 0 Å². The summed E-state index contributed by atoms with van der Waals surface area (Å²) in [5.74, 6) is 0.293. The fourth-order valence-electron chi connectivity index (χ4n) is 3.60. The molecule has 23 heavy (non-hydrogen) atoms. The normalized spacial score (nSPS) is 24.8. The Balaban J connectivity index is 1.90. The molecule has 0 bridgehead atoms. The van der Waals surface area contributed by atoms with Gasteiger partial charge in [-0.3, -0.25) is 4.79 Å². The van der Waals surface area contributed by atoms with Crippen LogP contribution in [0.15, 0.2) is 0 Å². The minimum absolute atomic E-state index is 0.106. The molecular weight excluding hydrogens is 314 g/mol. The highest BCUT2D eigenvalue weighted by molar-refractivity contribution is 7.90. The molecule has 1 unspecified atom stereocenters. The monoisotopic (exact) mass is 345 g/mol. The third-order valence-corrected chi connectivity index (χ3v) is 6.81. The van der Waals surface area contributed by atoms with Crippen LogP contribution in [0.4, 0.5) is 0 Å². The Morgan fingerprint density at radius 1 is 1.22 bits per heavy atom. The van der Waals surface area contributed by atoms with Gasteiger partial charge in [-0.05, 0) is 39.2 Å². The van der Waals surface area contributed by atoms with E-state index in [4.69, 9.17) is 0 Å². The van der Waals surface area contributed by atoms with Crippen LogP contribution in [0.25, 0.3) is 0 Å². The van der Waals surface area contributed by atoms with E-state index in [0.717, 1.165) is 38.6 Å². The molecule has 0 aromatic rings. The average molecular weight is 346 g/mol. The molecule has 2 aliphatic rings. The molecule has 0 radical (unpaired) electrons. The lowest BCUT2D eigenvalue weighted by atomic mass is 10.0. The van der Waals surface area contributed by atoms with Crippen molar-refractivity contribution in [2.45, 2.75) is 63.7 Å². The lowest BCUT2D eigenvalue weighted by Gasteiger charge is -2.34. The lowest BCUT2D eigenvalue weighted by Crippen LogP contribution is -2.51. The molecule has 2 atom stereocenters. The number of hydrogen-bond acceptors (Lipinski definition) is 4. The van der Waals surface area contributed by atoms with Gasteiger partial charge in [0.05, 0.1) is 5.25 Å². The molecule has 0 spiro atoms. The number of hydrogen-bond donors (Lipinski definition) is 2. The van der Waals surface area contributed by atoms with E-state index in [9.17, 15) is 13.2 Å². The van der Waals surface area contributed by atoms with E-state index in [-0.39, 0.29) is 17.9 Å². The molecule has 1 saturated carbocycles. The molecule has 1 aliphatic carbocycles. The Kier molecular flexibility index (Phi) is 6.85. The van der Waals surface area contributed by atoms with Crippen LogP contribution in [0.3, 0.4) is 0 Å². The molecule has 1 saturated heterocycles. The molecule has 6 nitrogen and oxygen atoms in total. The summed E-state index contributed by atoms with van der Waals surface area (Å²) in [7, 11) is -3.37. The summed E-state index contributed by atoms with van der Waals surface area (Å²) in [5.41, 5.74) is 0. The number of likely N-dealkylation sites (tertiary alicyclic amines) is 1. The summed E-state index contributed by atoms with van der Waals surface area (Å²) < 4.78 is 27.7. The van der Waals surface area contributed by atoms with Crippen molar-refractivity contribution in [1.29, 1.82) is 0 Å². The number of carbonyl (C=O) groups is 1. The number of nitrogens with zero attached hydrogens (tertiary/aromatic N) is 1. The number of carbonyl (C=O) groups excluding carboxylic acids is 1. The van der Waals surface area contributed by atoms with Gasteiger partial charge in [0, 0.05) is 31.6 Å². The largest absolute Gasteiger partial charge is 0.341 e. The highest BCUT2D eigenvalue weighted by Crippen LogP contribution is 2.28. The van der Waals surface area contributed by atoms with E-state index < -0.39 is 15.3 Å². The van der Waals surface area contributed by atoms with Crippen LogP contribution in [0.1, 0.15) is 52.4 Å². The van der Waals surface area contributed by atoms with Crippen molar-refractivity contribution in [1.82, 2.24) is 14.9 Å². The Morgan fingerprint density at radius 2 is 1.91 bits per heavy atom. The van der Waals surface area contributed by atoms with E-state index in [1.54, 1.807) is 4.90 Å². The second-order valence-corrected chi connectivity index (χ2v) is 8.93. The predicted molar refractivity (Wildman–Crippen MR) is 91.6 cm³/mol. The van der Waals surface area contributed by atoms with Gasteiger partial charge in [-0.2, -0.15) is 0 Å². The van der Waals surface area contributed by atoms with Crippen LogP contribution in [-0.4, -0.2) is 56.7 Å². The predicted octanol–water partition coefficient (Wildman–Crippen LogP) is 1.09. The van der Waals surface area contributed by atoms with Gasteiger partial charge in [-0.25, -0.2) is 13.1 Å². The van der Waals surface area contributed by atoms with Crippen LogP contribution >= 0.6 is 0 Å². The average Bonchev–Trinajstić information content (AvgIpc) is 3.07. The van der Waals surface area contributed by atoms with Crippen LogP contribution in [0.5, 0.6) is 0 Å². The molecule has 7 heteroatoms. The van der Waals surface area contributed by atoms with E-state index in [0.29, 0.717) is 26.1 Å². The number of amides is 1. The molecule has 134 valence electrons. The smallest absolute Gasteiger partial charge is 0.225 e. The zero-order valence-corrected chi connectivity index (χ0v) is 15.2. The topological polar surface area (TPSA) is 78.5 Å². The number of likely N-dealkylation sites (N-methyl/N-ethyl adjacent to an activating group) is 1. The molecule has 2 rings (SSSR count). The molecule has 2 fully saturated rings. The number of rotatable bonds is 7. The maximum atomic E-state index is 12.5. The van der Waals surface area contributed by atoms with Gasteiger partial charge in [0.25, 0.3) is 0 Å². The van der Waals surface area contributed by atoms with Crippen molar-refractivity contribution in [3.63, 3.8) is 0 Å². The van der Waals surface area contributed by atoms with Crippen LogP contribution < -0.4 is 10.0 Å². The highest BCUT2D eigenvalue weighted by Gasteiger charge is 2.35. The molecule has 1 amide bonds. The standard InChI is InChI=1S/C16H31N3O3S/c1-3-17-13(2)11-18-23(21,22)15-9-6-10-19(12-15)16(20)14-7-4-5-8-14/h13-15,17-18H,3-12H2,1-2H3/t13-,15?/m1/s1. The summed E-state index contributed by atoms with van der Waals surface area (Å²) in [5, 5.41) is 2.72. The minimum Gasteiger partial charge on any atom is -0.341 e. The maximum Gasteiger partial charge on any atom is 0.225 e. The first-order valence-electron chi connectivity index (χ1n) is 8.94. The molecule has 2 N–H and O–H groups in total. The lowest BCUT2D eigenvalue weighted by molar-refractivity contribution is -0.136. The van der Waals surface area contributed by atoms with Crippen molar-refractivity contribution < 1.29 is 13.2 Å². The molecular formula is C16H31N3O3S. The summed E-state index contributed by atoms with van der Waals surface area (Å²) >= 11 is 0. The number of piperidine rings is 1. The zero-order chi connectivity index (χ0) is 16.9. The third-order valence-electron chi connectivity index (χ3n) is 4.98. The van der Waals surface area contributed by atoms with E-state index in [1.165, 1.54) is 0 Å². The zero-order valence-electron chi connectivity index (χ0n) is 14.4. The second kappa shape index (κ2) is 8.44. The van der Waals surface area contributed by atoms with Crippen LogP contribution in [-0.2, 0) is 14.8 Å². The van der Waals surface area contributed by atoms with Crippen LogP contribution in [0, 0.1) is 5.92 Å². The summed E-state index contributed by atoms with van der Waals surface area (Å²) in [6.45, 7) is 6.22. The van der Waals surface area contributed by atoms with E-state index in [2.05, 4.69) is 10.0 Å². The minimum atomic E-state index is -3.37. The number of sulfonamides is 1. The van der Waals surface area contributed by atoms with Crippen molar-refractivity contribution in [3.05, 3.63) is 0 Å². The van der Waals surface area contributed by atoms with Crippen molar-refractivity contribution in [2.24, 2.45) is 5.92 Å². The Morgan fingerprint density at radius 3 is 2.57 bits per heavy atom. The van der Waals surface area contributed by atoms with Crippen LogP contribution in [0.2, 0.25) is 0 Å². The summed E-state index contributed by atoms with van der Waals surface area (Å²) in [6, 6.07) is 0.106. The fraction of sp³-hybridized carbons (Fsp3) is 0.938. The van der Waals surface area contributed by atoms with E-state index in [1.807, 2.05) is 13.8 Å². The van der Waals surface area contributed by atoms with Crippen molar-refractivity contribution in [2.75, 3.05) is 26.2 Å². The fourth-order valence-corrected chi connectivity index (χ4v) is 5.17. The van der Waals surface area contributed by atoms with Gasteiger partial charge in [0.2, 0.25) is 15.9 Å². The van der Waals surface area contributed by atoms with Crippen molar-refractivity contribution in [3.8, 4) is 0 Å². The Labute approximate surface area is 140 Å². The van der Waals surface area contributed by atoms with Gasteiger partial charge in [-0.15, -0.1) is 0 Å². The first kappa shape index (κ1) is 18.7. The van der Waals surface area contributed by atoms with Gasteiger partial charge in [0.1, 0.15) is 0 Å². The first-order valence-corrected chi connectivity index (χ1v) is 10.5. The number of nitrogens with one attached hydrogen (secondary N) is 2. The van der Waals surface area contributed by atoms with Gasteiger partial charge >= 0.3 is 0 Å². The molecule has 1 heterocycles. The quantitative estimate of drug-likeness (QED) is 0.724. The Hall–Kier alpha value is -0.660. The molecule has 0 aromatic heterocycles. The summed E-state index contributed by atoms with van der Waals surface area (Å²) in [6.07, 6.45) is 5.58. The van der Waals surface area contributed by atoms with Gasteiger partial charge in [0.15, 0.2) is 0 Å². The van der Waals surface area contributed by atoms with Crippen molar-refractivity contribution >= 4 is 15.9 Å². The molecule has 1 aliphatic heterocycles. The molecule has 0 aromatic carbocycles. The Bertz CT molecular complexity index is 489.